The van der Waals surface area contributed by atoms with E-state index in [1.165, 1.54) is 0 Å². The standard InChI is InChI=1S/C18H12Cl4N2O2/c19-13-15(21)18(26-12-6-2-4-10(24)8-12)16(22)14(20)17(13)25-11-5-1-3-9(23)7-11/h1-8H,23-24H2. The Bertz CT molecular complexity index is 872. The van der Waals surface area contributed by atoms with Crippen LogP contribution in [0.3, 0.4) is 0 Å². The predicted molar refractivity (Wildman–Crippen MR) is 108 cm³/mol. The van der Waals surface area contributed by atoms with Gasteiger partial charge >= 0.3 is 0 Å². The van der Waals surface area contributed by atoms with Crippen molar-refractivity contribution in [1.29, 1.82) is 0 Å². The molecule has 3 aromatic carbocycles. The van der Waals surface area contributed by atoms with Crippen molar-refractivity contribution in [2.24, 2.45) is 0 Å². The molecule has 0 atom stereocenters. The van der Waals surface area contributed by atoms with Gasteiger partial charge in [-0.2, -0.15) is 0 Å². The van der Waals surface area contributed by atoms with Gasteiger partial charge in [0.15, 0.2) is 11.5 Å². The van der Waals surface area contributed by atoms with Gasteiger partial charge in [0.05, 0.1) is 0 Å². The number of anilines is 2. The molecule has 4 nitrogen and oxygen atoms in total. The SMILES string of the molecule is Nc1cccc(Oc2c(Cl)c(Cl)c(Oc3cccc(N)c3)c(Cl)c2Cl)c1. The molecule has 26 heavy (non-hydrogen) atoms. The Labute approximate surface area is 170 Å². The van der Waals surface area contributed by atoms with Gasteiger partial charge < -0.3 is 20.9 Å². The summed E-state index contributed by atoms with van der Waals surface area (Å²) in [7, 11) is 0. The quantitative estimate of drug-likeness (QED) is 0.344. The highest BCUT2D eigenvalue weighted by molar-refractivity contribution is 6.50. The van der Waals surface area contributed by atoms with Crippen molar-refractivity contribution in [3.8, 4) is 23.0 Å². The first kappa shape index (κ1) is 18.8. The Hall–Kier alpha value is -1.98. The summed E-state index contributed by atoms with van der Waals surface area (Å²) >= 11 is 25.3. The lowest BCUT2D eigenvalue weighted by Gasteiger charge is -2.16. The van der Waals surface area contributed by atoms with Gasteiger partial charge in [0, 0.05) is 23.5 Å². The second-order valence-corrected chi connectivity index (χ2v) is 6.78. The van der Waals surface area contributed by atoms with E-state index in [0.29, 0.717) is 22.9 Å². The maximum absolute atomic E-state index is 6.33. The fourth-order valence-electron chi connectivity index (χ4n) is 2.16. The van der Waals surface area contributed by atoms with Gasteiger partial charge in [0.2, 0.25) is 0 Å². The van der Waals surface area contributed by atoms with Crippen LogP contribution < -0.4 is 20.9 Å². The Morgan fingerprint density at radius 1 is 0.577 bits per heavy atom. The van der Waals surface area contributed by atoms with Crippen molar-refractivity contribution >= 4 is 57.8 Å². The van der Waals surface area contributed by atoms with Crippen molar-refractivity contribution in [2.45, 2.75) is 0 Å². The molecule has 0 bridgehead atoms. The summed E-state index contributed by atoms with van der Waals surface area (Å²) < 4.78 is 11.4. The van der Waals surface area contributed by atoms with Crippen LogP contribution in [0.2, 0.25) is 20.1 Å². The second-order valence-electron chi connectivity index (χ2n) is 5.26. The van der Waals surface area contributed by atoms with Gasteiger partial charge in [-0.1, -0.05) is 58.5 Å². The predicted octanol–water partition coefficient (Wildman–Crippen LogP) is 7.05. The number of nitrogen functional groups attached to an aromatic ring is 2. The lowest BCUT2D eigenvalue weighted by molar-refractivity contribution is 0.470. The summed E-state index contributed by atoms with van der Waals surface area (Å²) in [6.07, 6.45) is 0. The first-order valence-electron chi connectivity index (χ1n) is 7.29. The zero-order chi connectivity index (χ0) is 18.8. The van der Waals surface area contributed by atoms with Gasteiger partial charge in [-0.25, -0.2) is 0 Å². The third-order valence-corrected chi connectivity index (χ3v) is 4.97. The van der Waals surface area contributed by atoms with Crippen LogP contribution in [0.25, 0.3) is 0 Å². The zero-order valence-corrected chi connectivity index (χ0v) is 16.1. The molecular formula is C18H12Cl4N2O2. The molecule has 0 fully saturated rings. The summed E-state index contributed by atoms with van der Waals surface area (Å²) in [6, 6.07) is 13.5. The molecule has 3 aromatic rings. The van der Waals surface area contributed by atoms with E-state index in [1.54, 1.807) is 48.5 Å². The zero-order valence-electron chi connectivity index (χ0n) is 13.1. The highest BCUT2D eigenvalue weighted by Crippen LogP contribution is 2.52. The summed E-state index contributed by atoms with van der Waals surface area (Å²) in [5, 5.41) is 0.231. The van der Waals surface area contributed by atoms with Crippen molar-refractivity contribution in [2.75, 3.05) is 11.5 Å². The molecule has 0 aliphatic rings. The maximum Gasteiger partial charge on any atom is 0.167 e. The van der Waals surface area contributed by atoms with Crippen LogP contribution in [0.5, 0.6) is 23.0 Å². The Morgan fingerprint density at radius 3 is 1.23 bits per heavy atom. The molecule has 0 heterocycles. The van der Waals surface area contributed by atoms with E-state index >= 15 is 0 Å². The van der Waals surface area contributed by atoms with Crippen LogP contribution in [0.4, 0.5) is 11.4 Å². The summed E-state index contributed by atoms with van der Waals surface area (Å²) in [5.74, 6) is 1.08. The molecule has 0 aliphatic carbocycles. The molecule has 3 rings (SSSR count). The molecule has 0 radical (unpaired) electrons. The van der Waals surface area contributed by atoms with Crippen LogP contribution in [-0.2, 0) is 0 Å². The van der Waals surface area contributed by atoms with E-state index in [2.05, 4.69) is 0 Å². The van der Waals surface area contributed by atoms with Gasteiger partial charge in [0.25, 0.3) is 0 Å². The number of halogens is 4. The highest BCUT2D eigenvalue weighted by Gasteiger charge is 2.24. The maximum atomic E-state index is 6.33. The molecule has 0 unspecified atom stereocenters. The molecule has 0 saturated heterocycles. The number of benzene rings is 3. The summed E-state index contributed by atoms with van der Waals surface area (Å²) in [5.41, 5.74) is 12.5. The third-order valence-electron chi connectivity index (χ3n) is 3.34. The average molecular weight is 430 g/mol. The average Bonchev–Trinajstić information content (AvgIpc) is 2.61. The van der Waals surface area contributed by atoms with Crippen LogP contribution in [-0.4, -0.2) is 0 Å². The number of rotatable bonds is 4. The largest absolute Gasteiger partial charge is 0.454 e. The first-order chi connectivity index (χ1) is 12.4. The molecule has 0 spiro atoms. The van der Waals surface area contributed by atoms with Crippen molar-refractivity contribution in [3.63, 3.8) is 0 Å². The number of hydrogen-bond acceptors (Lipinski definition) is 4. The van der Waals surface area contributed by atoms with Crippen LogP contribution in [0.1, 0.15) is 0 Å². The van der Waals surface area contributed by atoms with E-state index in [1.807, 2.05) is 0 Å². The molecule has 134 valence electrons. The lowest BCUT2D eigenvalue weighted by Crippen LogP contribution is -1.94. The number of hydrogen-bond donors (Lipinski definition) is 2. The molecule has 0 aromatic heterocycles. The van der Waals surface area contributed by atoms with Gasteiger partial charge in [0.1, 0.15) is 31.6 Å². The number of ether oxygens (including phenoxy) is 2. The fourth-order valence-corrected chi connectivity index (χ4v) is 3.13. The number of nitrogens with two attached hydrogens (primary N) is 2. The fraction of sp³-hybridized carbons (Fsp3) is 0. The third kappa shape index (κ3) is 3.89. The molecule has 8 heteroatoms. The molecule has 0 aliphatic heterocycles. The molecule has 0 amide bonds. The normalized spacial score (nSPS) is 10.6. The Balaban J connectivity index is 2.02. The lowest BCUT2D eigenvalue weighted by atomic mass is 10.2. The minimum Gasteiger partial charge on any atom is -0.454 e. The van der Waals surface area contributed by atoms with Crippen molar-refractivity contribution in [1.82, 2.24) is 0 Å². The summed E-state index contributed by atoms with van der Waals surface area (Å²) in [4.78, 5) is 0. The molecule has 0 saturated carbocycles. The molecular weight excluding hydrogens is 418 g/mol. The van der Waals surface area contributed by atoms with Crippen molar-refractivity contribution in [3.05, 3.63) is 68.6 Å². The van der Waals surface area contributed by atoms with Gasteiger partial charge in [-0.3, -0.25) is 0 Å². The molecule has 4 N–H and O–H groups in total. The van der Waals surface area contributed by atoms with E-state index in [-0.39, 0.29) is 31.6 Å². The Kier molecular flexibility index (Phi) is 5.58. The Morgan fingerprint density at radius 2 is 0.923 bits per heavy atom. The topological polar surface area (TPSA) is 70.5 Å². The van der Waals surface area contributed by atoms with Gasteiger partial charge in [-0.15, -0.1) is 0 Å². The monoisotopic (exact) mass is 428 g/mol. The van der Waals surface area contributed by atoms with E-state index < -0.39 is 0 Å². The first-order valence-corrected chi connectivity index (χ1v) is 8.80. The summed E-state index contributed by atoms with van der Waals surface area (Å²) in [6.45, 7) is 0. The van der Waals surface area contributed by atoms with E-state index in [0.717, 1.165) is 0 Å². The smallest absolute Gasteiger partial charge is 0.167 e. The van der Waals surface area contributed by atoms with Crippen molar-refractivity contribution < 1.29 is 9.47 Å². The van der Waals surface area contributed by atoms with Crippen LogP contribution >= 0.6 is 46.4 Å². The minimum atomic E-state index is 0.0578. The highest BCUT2D eigenvalue weighted by atomic mass is 35.5. The van der Waals surface area contributed by atoms with Crippen LogP contribution in [0.15, 0.2) is 48.5 Å². The van der Waals surface area contributed by atoms with Crippen LogP contribution in [0, 0.1) is 0 Å². The second kappa shape index (κ2) is 7.72. The van der Waals surface area contributed by atoms with Gasteiger partial charge in [-0.05, 0) is 24.3 Å². The minimum absolute atomic E-state index is 0.0578. The van der Waals surface area contributed by atoms with E-state index in [9.17, 15) is 0 Å². The van der Waals surface area contributed by atoms with E-state index in [4.69, 9.17) is 67.3 Å².